The Labute approximate surface area is 110 Å². The Morgan fingerprint density at radius 1 is 1.16 bits per heavy atom. The molecule has 110 valence electrons. The molecule has 19 heavy (non-hydrogen) atoms. The fourth-order valence-electron chi connectivity index (χ4n) is 1.32. The van der Waals surface area contributed by atoms with Crippen LogP contribution >= 0.6 is 12.4 Å². The molecule has 0 unspecified atom stereocenters. The van der Waals surface area contributed by atoms with Crippen LogP contribution in [-0.4, -0.2) is 19.2 Å². The monoisotopic (exact) mass is 309 g/mol. The SMILES string of the molecule is COc1ccc(F)cc1[C@H](N)C(F)(F)C(F)(F)F.Cl. The molecule has 1 aromatic carbocycles. The number of methoxy groups -OCH3 is 1. The first-order chi connectivity index (χ1) is 8.11. The minimum absolute atomic E-state index is 0. The van der Waals surface area contributed by atoms with Crippen molar-refractivity contribution in [1.29, 1.82) is 0 Å². The number of benzene rings is 1. The second-order valence-electron chi connectivity index (χ2n) is 3.48. The summed E-state index contributed by atoms with van der Waals surface area (Å²) in [4.78, 5) is 0. The molecule has 1 rings (SSSR count). The van der Waals surface area contributed by atoms with Gasteiger partial charge in [-0.1, -0.05) is 0 Å². The minimum Gasteiger partial charge on any atom is -0.496 e. The van der Waals surface area contributed by atoms with Gasteiger partial charge in [0.2, 0.25) is 0 Å². The number of rotatable bonds is 3. The van der Waals surface area contributed by atoms with Crippen molar-refractivity contribution in [3.8, 4) is 5.75 Å². The average Bonchev–Trinajstić information content (AvgIpc) is 2.26. The zero-order chi connectivity index (χ0) is 14.1. The molecule has 1 aromatic rings. The maximum atomic E-state index is 13.0. The van der Waals surface area contributed by atoms with Crippen LogP contribution in [0.3, 0.4) is 0 Å². The largest absolute Gasteiger partial charge is 0.496 e. The van der Waals surface area contributed by atoms with Crippen LogP contribution < -0.4 is 10.5 Å². The fraction of sp³-hybridized carbons (Fsp3) is 0.400. The topological polar surface area (TPSA) is 35.2 Å². The molecule has 0 amide bonds. The molecule has 0 aliphatic rings. The average molecular weight is 310 g/mol. The van der Waals surface area contributed by atoms with Crippen LogP contribution in [-0.2, 0) is 0 Å². The van der Waals surface area contributed by atoms with Crippen LogP contribution in [0.2, 0.25) is 0 Å². The standard InChI is InChI=1S/C10H9F6NO.ClH/c1-18-7-3-2-5(11)4-6(7)8(17)9(12,13)10(14,15)16;/h2-4,8H,17H2,1H3;1H/t8-;/m0./s1. The van der Waals surface area contributed by atoms with Gasteiger partial charge in [0.15, 0.2) is 0 Å². The van der Waals surface area contributed by atoms with Gasteiger partial charge in [-0.25, -0.2) is 4.39 Å². The van der Waals surface area contributed by atoms with E-state index in [0.29, 0.717) is 6.07 Å². The summed E-state index contributed by atoms with van der Waals surface area (Å²) >= 11 is 0. The number of alkyl halides is 5. The predicted octanol–water partition coefficient (Wildman–Crippen LogP) is 3.45. The molecule has 0 heterocycles. The Morgan fingerprint density at radius 2 is 1.68 bits per heavy atom. The summed E-state index contributed by atoms with van der Waals surface area (Å²) in [5, 5.41) is 0. The zero-order valence-corrected chi connectivity index (χ0v) is 10.3. The highest BCUT2D eigenvalue weighted by Crippen LogP contribution is 2.45. The van der Waals surface area contributed by atoms with Gasteiger partial charge in [-0.15, -0.1) is 12.4 Å². The third-order valence-electron chi connectivity index (χ3n) is 2.30. The van der Waals surface area contributed by atoms with Crippen molar-refractivity contribution in [2.45, 2.75) is 18.1 Å². The van der Waals surface area contributed by atoms with Crippen LogP contribution in [0.4, 0.5) is 26.3 Å². The van der Waals surface area contributed by atoms with Crippen molar-refractivity contribution in [3.05, 3.63) is 29.6 Å². The van der Waals surface area contributed by atoms with Gasteiger partial charge in [-0.05, 0) is 18.2 Å². The smallest absolute Gasteiger partial charge is 0.455 e. The fourth-order valence-corrected chi connectivity index (χ4v) is 1.32. The van der Waals surface area contributed by atoms with Crippen molar-refractivity contribution in [2.75, 3.05) is 7.11 Å². The minimum atomic E-state index is -5.83. The predicted molar refractivity (Wildman–Crippen MR) is 58.1 cm³/mol. The van der Waals surface area contributed by atoms with E-state index in [4.69, 9.17) is 5.73 Å². The van der Waals surface area contributed by atoms with Gasteiger partial charge in [-0.3, -0.25) is 0 Å². The summed E-state index contributed by atoms with van der Waals surface area (Å²) in [7, 11) is 1.05. The second-order valence-corrected chi connectivity index (χ2v) is 3.48. The lowest BCUT2D eigenvalue weighted by molar-refractivity contribution is -0.291. The molecule has 2 nitrogen and oxygen atoms in total. The van der Waals surface area contributed by atoms with E-state index < -0.39 is 29.5 Å². The first kappa shape index (κ1) is 17.8. The molecule has 9 heteroatoms. The third-order valence-corrected chi connectivity index (χ3v) is 2.30. The molecule has 0 aliphatic heterocycles. The van der Waals surface area contributed by atoms with E-state index >= 15 is 0 Å². The van der Waals surface area contributed by atoms with Crippen molar-refractivity contribution in [3.63, 3.8) is 0 Å². The molecule has 2 N–H and O–H groups in total. The van der Waals surface area contributed by atoms with E-state index in [-0.39, 0.29) is 18.2 Å². The highest BCUT2D eigenvalue weighted by Gasteiger charge is 2.62. The number of ether oxygens (including phenoxy) is 1. The first-order valence-corrected chi connectivity index (χ1v) is 4.64. The maximum Gasteiger partial charge on any atom is 0.455 e. The van der Waals surface area contributed by atoms with E-state index in [9.17, 15) is 26.3 Å². The van der Waals surface area contributed by atoms with Crippen LogP contribution in [0, 0.1) is 5.82 Å². The molecule has 0 bridgehead atoms. The summed E-state index contributed by atoms with van der Waals surface area (Å²) in [6.07, 6.45) is -5.83. The quantitative estimate of drug-likeness (QED) is 0.868. The zero-order valence-electron chi connectivity index (χ0n) is 9.47. The Balaban J connectivity index is 0.00000324. The van der Waals surface area contributed by atoms with Gasteiger partial charge in [-0.2, -0.15) is 22.0 Å². The number of nitrogens with two attached hydrogens (primary N) is 1. The summed E-state index contributed by atoms with van der Waals surface area (Å²) in [6.45, 7) is 0. The van der Waals surface area contributed by atoms with Crippen LogP contribution in [0.25, 0.3) is 0 Å². The molecule has 0 radical (unpaired) electrons. The Morgan fingerprint density at radius 3 is 2.11 bits per heavy atom. The molecule has 0 aliphatic carbocycles. The maximum absolute atomic E-state index is 13.0. The van der Waals surface area contributed by atoms with Gasteiger partial charge in [0, 0.05) is 5.56 Å². The van der Waals surface area contributed by atoms with Crippen molar-refractivity contribution < 1.29 is 31.1 Å². The molecule has 0 saturated carbocycles. The van der Waals surface area contributed by atoms with Crippen molar-refractivity contribution in [2.24, 2.45) is 5.73 Å². The summed E-state index contributed by atoms with van der Waals surface area (Å²) in [5.74, 6) is -6.51. The summed E-state index contributed by atoms with van der Waals surface area (Å²) < 4.78 is 80.0. The Kier molecular flexibility index (Phi) is 5.52. The summed E-state index contributed by atoms with van der Waals surface area (Å²) in [6, 6.07) is -0.468. The molecule has 0 aromatic heterocycles. The number of hydrogen-bond donors (Lipinski definition) is 1. The van der Waals surface area contributed by atoms with Crippen LogP contribution in [0.5, 0.6) is 5.75 Å². The lowest BCUT2D eigenvalue weighted by Gasteiger charge is -2.26. The molecular weight excluding hydrogens is 300 g/mol. The van der Waals surface area contributed by atoms with E-state index in [1.54, 1.807) is 0 Å². The van der Waals surface area contributed by atoms with Gasteiger partial charge >= 0.3 is 12.1 Å². The molecule has 0 fully saturated rings. The van der Waals surface area contributed by atoms with Crippen molar-refractivity contribution >= 4 is 12.4 Å². The van der Waals surface area contributed by atoms with E-state index in [2.05, 4.69) is 4.74 Å². The Hall–Kier alpha value is -1.15. The lowest BCUT2D eigenvalue weighted by Crippen LogP contribution is -2.46. The lowest BCUT2D eigenvalue weighted by atomic mass is 10.00. The number of halogens is 7. The summed E-state index contributed by atoms with van der Waals surface area (Å²) in [5.41, 5.74) is 4.14. The van der Waals surface area contributed by atoms with Gasteiger partial charge in [0.25, 0.3) is 0 Å². The molecule has 0 saturated heterocycles. The first-order valence-electron chi connectivity index (χ1n) is 4.64. The van der Waals surface area contributed by atoms with Crippen molar-refractivity contribution in [1.82, 2.24) is 0 Å². The van der Waals surface area contributed by atoms with Gasteiger partial charge < -0.3 is 10.5 Å². The van der Waals surface area contributed by atoms with Crippen LogP contribution in [0.1, 0.15) is 11.6 Å². The molecule has 0 spiro atoms. The highest BCUT2D eigenvalue weighted by molar-refractivity contribution is 5.85. The van der Waals surface area contributed by atoms with Gasteiger partial charge in [0.1, 0.15) is 17.6 Å². The normalized spacial score (nSPS) is 13.7. The third kappa shape index (κ3) is 3.44. The second kappa shape index (κ2) is 5.87. The number of hydrogen-bond acceptors (Lipinski definition) is 2. The Bertz CT molecular complexity index is 437. The van der Waals surface area contributed by atoms with E-state index in [0.717, 1.165) is 19.2 Å². The van der Waals surface area contributed by atoms with Crippen LogP contribution in [0.15, 0.2) is 18.2 Å². The van der Waals surface area contributed by atoms with E-state index in [1.807, 2.05) is 0 Å². The molecule has 1 atom stereocenters. The molecular formula is C10H10ClF6NO. The van der Waals surface area contributed by atoms with E-state index in [1.165, 1.54) is 0 Å². The van der Waals surface area contributed by atoms with Gasteiger partial charge in [0.05, 0.1) is 7.11 Å². The highest BCUT2D eigenvalue weighted by atomic mass is 35.5.